The van der Waals surface area contributed by atoms with Gasteiger partial charge in [-0.05, 0) is 43.6 Å². The first-order valence-electron chi connectivity index (χ1n) is 6.10. The standard InChI is InChI=1S/C12H21BrN4S/c1-5-17-10(12(13)9(4)15-17)6-16(8(2)3)7-11(14)18/h8H,5-7H2,1-4H3,(H2,14,18). The van der Waals surface area contributed by atoms with Gasteiger partial charge in [-0.3, -0.25) is 9.58 Å². The van der Waals surface area contributed by atoms with Gasteiger partial charge in [-0.15, -0.1) is 0 Å². The Balaban J connectivity index is 2.96. The fraction of sp³-hybridized carbons (Fsp3) is 0.667. The van der Waals surface area contributed by atoms with Crippen LogP contribution in [0.3, 0.4) is 0 Å². The third kappa shape index (κ3) is 3.76. The Morgan fingerprint density at radius 3 is 2.61 bits per heavy atom. The molecule has 18 heavy (non-hydrogen) atoms. The van der Waals surface area contributed by atoms with E-state index in [2.05, 4.69) is 46.7 Å². The molecule has 1 heterocycles. The summed E-state index contributed by atoms with van der Waals surface area (Å²) in [5.41, 5.74) is 7.85. The van der Waals surface area contributed by atoms with Gasteiger partial charge in [-0.1, -0.05) is 12.2 Å². The molecule has 0 bridgehead atoms. The molecule has 0 aromatic carbocycles. The summed E-state index contributed by atoms with van der Waals surface area (Å²) in [5.74, 6) is 0. The number of hydrogen-bond donors (Lipinski definition) is 1. The maximum Gasteiger partial charge on any atom is 0.0870 e. The van der Waals surface area contributed by atoms with Crippen molar-refractivity contribution >= 4 is 33.1 Å². The molecule has 0 spiro atoms. The molecule has 0 aliphatic heterocycles. The Morgan fingerprint density at radius 1 is 1.56 bits per heavy atom. The van der Waals surface area contributed by atoms with Gasteiger partial charge in [-0.2, -0.15) is 5.10 Å². The van der Waals surface area contributed by atoms with E-state index in [1.165, 1.54) is 5.69 Å². The number of nitrogens with zero attached hydrogens (tertiary/aromatic N) is 3. The van der Waals surface area contributed by atoms with E-state index in [0.29, 0.717) is 17.6 Å². The number of aromatic nitrogens is 2. The zero-order chi connectivity index (χ0) is 13.9. The molecular weight excluding hydrogens is 312 g/mol. The summed E-state index contributed by atoms with van der Waals surface area (Å²) in [6.07, 6.45) is 0. The minimum Gasteiger partial charge on any atom is -0.392 e. The lowest BCUT2D eigenvalue weighted by atomic mass is 10.2. The van der Waals surface area contributed by atoms with E-state index >= 15 is 0 Å². The van der Waals surface area contributed by atoms with Crippen molar-refractivity contribution in [2.24, 2.45) is 5.73 Å². The maximum absolute atomic E-state index is 5.65. The van der Waals surface area contributed by atoms with Crippen LogP contribution in [0.2, 0.25) is 0 Å². The lowest BCUT2D eigenvalue weighted by Crippen LogP contribution is -2.37. The maximum atomic E-state index is 5.65. The molecule has 0 atom stereocenters. The van der Waals surface area contributed by atoms with Crippen LogP contribution in [0.1, 0.15) is 32.2 Å². The quantitative estimate of drug-likeness (QED) is 0.813. The van der Waals surface area contributed by atoms with Gasteiger partial charge in [0.15, 0.2) is 0 Å². The predicted octanol–water partition coefficient (Wildman–Crippen LogP) is 2.47. The highest BCUT2D eigenvalue weighted by Gasteiger charge is 2.18. The molecule has 1 aromatic heterocycles. The molecular formula is C12H21BrN4S. The van der Waals surface area contributed by atoms with Crippen LogP contribution in [0, 0.1) is 6.92 Å². The molecule has 0 fully saturated rings. The number of hydrogen-bond acceptors (Lipinski definition) is 3. The van der Waals surface area contributed by atoms with Gasteiger partial charge in [0.05, 0.1) is 20.8 Å². The van der Waals surface area contributed by atoms with Crippen molar-refractivity contribution in [1.29, 1.82) is 0 Å². The van der Waals surface area contributed by atoms with E-state index in [1.54, 1.807) is 0 Å². The SMILES string of the molecule is CCn1nc(C)c(Br)c1CN(CC(N)=S)C(C)C. The number of rotatable bonds is 6. The Morgan fingerprint density at radius 2 is 2.17 bits per heavy atom. The molecule has 0 aliphatic carbocycles. The third-order valence-electron chi connectivity index (χ3n) is 2.89. The van der Waals surface area contributed by atoms with E-state index in [1.807, 2.05) is 11.6 Å². The highest BCUT2D eigenvalue weighted by atomic mass is 79.9. The van der Waals surface area contributed by atoms with Crippen molar-refractivity contribution in [3.8, 4) is 0 Å². The van der Waals surface area contributed by atoms with Crippen LogP contribution in [0.25, 0.3) is 0 Å². The topological polar surface area (TPSA) is 47.1 Å². The fourth-order valence-electron chi connectivity index (χ4n) is 1.83. The number of aryl methyl sites for hydroxylation is 2. The lowest BCUT2D eigenvalue weighted by molar-refractivity contribution is 0.237. The Hall–Kier alpha value is -0.460. The van der Waals surface area contributed by atoms with Crippen molar-refractivity contribution in [3.05, 3.63) is 15.9 Å². The first kappa shape index (κ1) is 15.6. The summed E-state index contributed by atoms with van der Waals surface area (Å²) in [7, 11) is 0. The molecule has 0 radical (unpaired) electrons. The van der Waals surface area contributed by atoms with Crippen LogP contribution < -0.4 is 5.73 Å². The van der Waals surface area contributed by atoms with Crippen molar-refractivity contribution in [2.45, 2.75) is 46.8 Å². The van der Waals surface area contributed by atoms with Crippen LogP contribution in [0.15, 0.2) is 4.47 Å². The van der Waals surface area contributed by atoms with Crippen LogP contribution >= 0.6 is 28.1 Å². The molecule has 102 valence electrons. The van der Waals surface area contributed by atoms with Gasteiger partial charge >= 0.3 is 0 Å². The van der Waals surface area contributed by atoms with Crippen molar-refractivity contribution < 1.29 is 0 Å². The molecule has 1 aromatic rings. The molecule has 1 rings (SSSR count). The van der Waals surface area contributed by atoms with E-state index in [-0.39, 0.29) is 0 Å². The molecule has 0 aliphatic rings. The Bertz CT molecular complexity index is 428. The van der Waals surface area contributed by atoms with E-state index < -0.39 is 0 Å². The number of thiocarbonyl (C=S) groups is 1. The van der Waals surface area contributed by atoms with Crippen LogP contribution in [0.5, 0.6) is 0 Å². The number of nitrogens with two attached hydrogens (primary N) is 1. The van der Waals surface area contributed by atoms with Gasteiger partial charge in [0, 0.05) is 25.7 Å². The van der Waals surface area contributed by atoms with Crippen molar-refractivity contribution in [2.75, 3.05) is 6.54 Å². The Kier molecular flexibility index (Phi) is 5.75. The van der Waals surface area contributed by atoms with Gasteiger partial charge in [-0.25, -0.2) is 0 Å². The third-order valence-corrected chi connectivity index (χ3v) is 4.06. The smallest absolute Gasteiger partial charge is 0.0870 e. The second kappa shape index (κ2) is 6.63. The zero-order valence-corrected chi connectivity index (χ0v) is 13.8. The van der Waals surface area contributed by atoms with Gasteiger partial charge < -0.3 is 5.73 Å². The summed E-state index contributed by atoms with van der Waals surface area (Å²) in [6, 6.07) is 0.388. The molecule has 0 amide bonds. The molecule has 4 nitrogen and oxygen atoms in total. The lowest BCUT2D eigenvalue weighted by Gasteiger charge is -2.26. The van der Waals surface area contributed by atoms with Crippen LogP contribution in [0.4, 0.5) is 0 Å². The van der Waals surface area contributed by atoms with Crippen molar-refractivity contribution in [3.63, 3.8) is 0 Å². The number of halogens is 1. The molecule has 0 saturated heterocycles. The minimum atomic E-state index is 0.388. The van der Waals surface area contributed by atoms with E-state index in [0.717, 1.165) is 23.3 Å². The van der Waals surface area contributed by atoms with Crippen LogP contribution in [-0.4, -0.2) is 32.3 Å². The summed E-state index contributed by atoms with van der Waals surface area (Å²) in [5, 5.41) is 4.50. The average molecular weight is 333 g/mol. The normalized spacial score (nSPS) is 11.5. The largest absolute Gasteiger partial charge is 0.392 e. The molecule has 2 N–H and O–H groups in total. The van der Waals surface area contributed by atoms with Crippen molar-refractivity contribution in [1.82, 2.24) is 14.7 Å². The fourth-order valence-corrected chi connectivity index (χ4v) is 2.41. The molecule has 0 saturated carbocycles. The summed E-state index contributed by atoms with van der Waals surface area (Å²) >= 11 is 8.62. The first-order chi connectivity index (χ1) is 8.36. The van der Waals surface area contributed by atoms with Gasteiger partial charge in [0.25, 0.3) is 0 Å². The molecule has 6 heteroatoms. The van der Waals surface area contributed by atoms with Gasteiger partial charge in [0.2, 0.25) is 0 Å². The van der Waals surface area contributed by atoms with E-state index in [4.69, 9.17) is 18.0 Å². The minimum absolute atomic E-state index is 0.388. The zero-order valence-electron chi connectivity index (χ0n) is 11.4. The predicted molar refractivity (Wildman–Crippen MR) is 82.7 cm³/mol. The van der Waals surface area contributed by atoms with E-state index in [9.17, 15) is 0 Å². The molecule has 0 unspecified atom stereocenters. The second-order valence-corrected chi connectivity index (χ2v) is 5.94. The van der Waals surface area contributed by atoms with Crippen LogP contribution in [-0.2, 0) is 13.1 Å². The highest BCUT2D eigenvalue weighted by Crippen LogP contribution is 2.23. The summed E-state index contributed by atoms with van der Waals surface area (Å²) in [6.45, 7) is 10.7. The Labute approximate surface area is 123 Å². The summed E-state index contributed by atoms with van der Waals surface area (Å²) in [4.78, 5) is 2.77. The monoisotopic (exact) mass is 332 g/mol. The van der Waals surface area contributed by atoms with Gasteiger partial charge in [0.1, 0.15) is 0 Å². The summed E-state index contributed by atoms with van der Waals surface area (Å²) < 4.78 is 3.10. The first-order valence-corrected chi connectivity index (χ1v) is 7.31. The highest BCUT2D eigenvalue weighted by molar-refractivity contribution is 9.10. The second-order valence-electron chi connectivity index (χ2n) is 4.63. The average Bonchev–Trinajstić information content (AvgIpc) is 2.55.